The van der Waals surface area contributed by atoms with Crippen LogP contribution in [0.4, 0.5) is 4.79 Å². The molecule has 4 nitrogen and oxygen atoms in total. The second-order valence-corrected chi connectivity index (χ2v) is 7.04. The van der Waals surface area contributed by atoms with E-state index in [1.807, 2.05) is 25.7 Å². The van der Waals surface area contributed by atoms with Crippen molar-refractivity contribution < 1.29 is 14.3 Å². The molecule has 1 spiro atoms. The number of rotatable bonds is 0. The van der Waals surface area contributed by atoms with E-state index < -0.39 is 5.60 Å². The van der Waals surface area contributed by atoms with Gasteiger partial charge in [-0.3, -0.25) is 4.79 Å². The molecule has 0 N–H and O–H groups in total. The van der Waals surface area contributed by atoms with Crippen molar-refractivity contribution >= 4 is 11.9 Å². The molecule has 3 aliphatic rings. The molecule has 1 amide bonds. The lowest BCUT2D eigenvalue weighted by atomic mass is 9.76. The topological polar surface area (TPSA) is 46.6 Å². The minimum atomic E-state index is -0.445. The average molecular weight is 263 g/mol. The van der Waals surface area contributed by atoms with Gasteiger partial charge in [0, 0.05) is 24.4 Å². The molecular formula is C15H21NO3. The number of carbonyl (C=O) groups is 2. The summed E-state index contributed by atoms with van der Waals surface area (Å²) in [6.07, 6.45) is 6.14. The van der Waals surface area contributed by atoms with Crippen LogP contribution >= 0.6 is 0 Å². The van der Waals surface area contributed by atoms with Crippen LogP contribution in [0.1, 0.15) is 40.0 Å². The molecule has 3 unspecified atom stereocenters. The Labute approximate surface area is 113 Å². The summed E-state index contributed by atoms with van der Waals surface area (Å²) in [5, 5.41) is 0. The molecule has 2 fully saturated rings. The van der Waals surface area contributed by atoms with Crippen molar-refractivity contribution in [3.63, 3.8) is 0 Å². The summed E-state index contributed by atoms with van der Waals surface area (Å²) in [5.41, 5.74) is -0.403. The van der Waals surface area contributed by atoms with Gasteiger partial charge in [0.15, 0.2) is 5.78 Å². The zero-order valence-corrected chi connectivity index (χ0v) is 11.8. The highest BCUT2D eigenvalue weighted by Crippen LogP contribution is 2.58. The van der Waals surface area contributed by atoms with Gasteiger partial charge >= 0.3 is 6.09 Å². The Bertz CT molecular complexity index is 463. The highest BCUT2D eigenvalue weighted by Gasteiger charge is 2.60. The van der Waals surface area contributed by atoms with E-state index in [1.165, 1.54) is 0 Å². The number of amides is 1. The number of likely N-dealkylation sites (tertiary alicyclic amines) is 1. The Morgan fingerprint density at radius 3 is 2.79 bits per heavy atom. The molecule has 1 saturated carbocycles. The van der Waals surface area contributed by atoms with Gasteiger partial charge < -0.3 is 9.64 Å². The largest absolute Gasteiger partial charge is 0.444 e. The highest BCUT2D eigenvalue weighted by atomic mass is 16.6. The maximum absolute atomic E-state index is 12.1. The molecule has 0 aromatic carbocycles. The molecule has 1 aliphatic heterocycles. The van der Waals surface area contributed by atoms with Gasteiger partial charge in [0.1, 0.15) is 5.60 Å². The Morgan fingerprint density at radius 1 is 1.47 bits per heavy atom. The smallest absolute Gasteiger partial charge is 0.410 e. The second kappa shape index (κ2) is 3.84. The van der Waals surface area contributed by atoms with E-state index in [-0.39, 0.29) is 23.3 Å². The number of ketones is 1. The van der Waals surface area contributed by atoms with Crippen molar-refractivity contribution in [1.29, 1.82) is 0 Å². The molecule has 0 radical (unpaired) electrons. The first-order valence-electron chi connectivity index (χ1n) is 7.02. The molecule has 4 heteroatoms. The Morgan fingerprint density at radius 2 is 2.21 bits per heavy atom. The van der Waals surface area contributed by atoms with Gasteiger partial charge in [0.25, 0.3) is 0 Å². The summed E-state index contributed by atoms with van der Waals surface area (Å²) in [7, 11) is 0. The minimum absolute atomic E-state index is 0.0419. The first-order valence-corrected chi connectivity index (χ1v) is 7.02. The van der Waals surface area contributed by atoms with Crippen LogP contribution in [0.25, 0.3) is 0 Å². The zero-order valence-electron chi connectivity index (χ0n) is 11.8. The first-order chi connectivity index (χ1) is 8.81. The van der Waals surface area contributed by atoms with E-state index >= 15 is 0 Å². The number of nitrogens with zero attached hydrogens (tertiary/aromatic N) is 1. The predicted molar refractivity (Wildman–Crippen MR) is 70.6 cm³/mol. The van der Waals surface area contributed by atoms with Crippen LogP contribution in [0.2, 0.25) is 0 Å². The summed E-state index contributed by atoms with van der Waals surface area (Å²) in [6.45, 7) is 6.37. The molecule has 19 heavy (non-hydrogen) atoms. The van der Waals surface area contributed by atoms with E-state index in [9.17, 15) is 9.59 Å². The van der Waals surface area contributed by atoms with Crippen LogP contribution in [0, 0.1) is 11.3 Å². The summed E-state index contributed by atoms with van der Waals surface area (Å²) < 4.78 is 5.45. The SMILES string of the molecule is CC(C)(C)OC(=O)N1CCC2(C=CC(=O)C2)C2CC21. The number of hydrogen-bond acceptors (Lipinski definition) is 3. The van der Waals surface area contributed by atoms with Crippen molar-refractivity contribution in [3.8, 4) is 0 Å². The van der Waals surface area contributed by atoms with Crippen molar-refractivity contribution in [3.05, 3.63) is 12.2 Å². The third-order valence-electron chi connectivity index (χ3n) is 4.45. The number of allylic oxidation sites excluding steroid dienone is 2. The number of hydrogen-bond donors (Lipinski definition) is 0. The Kier molecular flexibility index (Phi) is 2.57. The molecule has 1 heterocycles. The van der Waals surface area contributed by atoms with Gasteiger partial charge in [-0.25, -0.2) is 4.79 Å². The van der Waals surface area contributed by atoms with E-state index in [1.54, 1.807) is 6.08 Å². The third-order valence-corrected chi connectivity index (χ3v) is 4.45. The van der Waals surface area contributed by atoms with E-state index in [2.05, 4.69) is 6.08 Å². The number of carbonyl (C=O) groups excluding carboxylic acids is 2. The van der Waals surface area contributed by atoms with Gasteiger partial charge in [-0.2, -0.15) is 0 Å². The summed E-state index contributed by atoms with van der Waals surface area (Å²) in [4.78, 5) is 25.5. The van der Waals surface area contributed by atoms with Gasteiger partial charge in [0.05, 0.1) is 0 Å². The molecule has 0 bridgehead atoms. The van der Waals surface area contributed by atoms with Crippen LogP contribution in [-0.4, -0.2) is 35.0 Å². The fourth-order valence-corrected chi connectivity index (χ4v) is 3.50. The van der Waals surface area contributed by atoms with Crippen LogP contribution in [0.3, 0.4) is 0 Å². The highest BCUT2D eigenvalue weighted by molar-refractivity contribution is 5.93. The normalized spacial score (nSPS) is 36.6. The van der Waals surface area contributed by atoms with E-state index in [0.29, 0.717) is 18.9 Å². The fraction of sp³-hybridized carbons (Fsp3) is 0.733. The fourth-order valence-electron chi connectivity index (χ4n) is 3.50. The number of ether oxygens (including phenoxy) is 1. The lowest BCUT2D eigenvalue weighted by Crippen LogP contribution is -2.45. The van der Waals surface area contributed by atoms with Gasteiger partial charge in [-0.05, 0) is 45.6 Å². The van der Waals surface area contributed by atoms with E-state index in [4.69, 9.17) is 4.74 Å². The lowest BCUT2D eigenvalue weighted by Gasteiger charge is -2.37. The van der Waals surface area contributed by atoms with Crippen molar-refractivity contribution in [2.24, 2.45) is 11.3 Å². The predicted octanol–water partition coefficient (Wildman–Crippen LogP) is 2.53. The molecule has 3 rings (SSSR count). The molecule has 0 aromatic rings. The molecular weight excluding hydrogens is 242 g/mol. The summed E-state index contributed by atoms with van der Waals surface area (Å²) in [5.74, 6) is 0.688. The maximum atomic E-state index is 12.1. The zero-order chi connectivity index (χ0) is 13.8. The van der Waals surface area contributed by atoms with Gasteiger partial charge in [0.2, 0.25) is 0 Å². The van der Waals surface area contributed by atoms with Crippen molar-refractivity contribution in [2.45, 2.75) is 51.7 Å². The summed E-state index contributed by atoms with van der Waals surface area (Å²) >= 11 is 0. The second-order valence-electron chi connectivity index (χ2n) is 7.04. The lowest BCUT2D eigenvalue weighted by molar-refractivity contribution is -0.115. The average Bonchev–Trinajstić information content (AvgIpc) is 2.98. The monoisotopic (exact) mass is 263 g/mol. The van der Waals surface area contributed by atoms with Crippen molar-refractivity contribution in [1.82, 2.24) is 4.90 Å². The molecule has 104 valence electrons. The number of fused-ring (bicyclic) bond motifs is 2. The van der Waals surface area contributed by atoms with Crippen LogP contribution in [0.5, 0.6) is 0 Å². The number of piperidine rings is 1. The van der Waals surface area contributed by atoms with Crippen LogP contribution in [0.15, 0.2) is 12.2 Å². The standard InChI is InChI=1S/C15H21NO3/c1-14(2,3)19-13(18)16-7-6-15(11-8-12(11)16)5-4-10(17)9-15/h4-5,11-12H,6-9H2,1-3H3. The summed E-state index contributed by atoms with van der Waals surface area (Å²) in [6, 6.07) is 0.277. The van der Waals surface area contributed by atoms with Crippen LogP contribution < -0.4 is 0 Å². The van der Waals surface area contributed by atoms with Gasteiger partial charge in [-0.1, -0.05) is 6.08 Å². The molecule has 3 atom stereocenters. The molecule has 1 saturated heterocycles. The third kappa shape index (κ3) is 2.17. The molecule has 2 aliphatic carbocycles. The Balaban J connectivity index is 1.67. The Hall–Kier alpha value is -1.32. The van der Waals surface area contributed by atoms with Crippen LogP contribution in [-0.2, 0) is 9.53 Å². The quantitative estimate of drug-likeness (QED) is 0.674. The maximum Gasteiger partial charge on any atom is 0.410 e. The van der Waals surface area contributed by atoms with Crippen molar-refractivity contribution in [2.75, 3.05) is 6.54 Å². The molecule has 0 aromatic heterocycles. The minimum Gasteiger partial charge on any atom is -0.444 e. The first kappa shape index (κ1) is 12.7. The van der Waals surface area contributed by atoms with E-state index in [0.717, 1.165) is 12.8 Å². The van der Waals surface area contributed by atoms with Gasteiger partial charge in [-0.15, -0.1) is 0 Å².